The number of benzene rings is 2. The van der Waals surface area contributed by atoms with E-state index in [1.165, 1.54) is 30.3 Å². The number of carbonyl (C=O) groups excluding carboxylic acids is 1. The molecule has 0 saturated carbocycles. The van der Waals surface area contributed by atoms with Gasteiger partial charge in [-0.25, -0.2) is 21.9 Å². The highest BCUT2D eigenvalue weighted by atomic mass is 35.5. The average Bonchev–Trinajstić information content (AvgIpc) is 2.57. The maximum atomic E-state index is 13.2. The zero-order valence-corrected chi connectivity index (χ0v) is 15.4. The van der Waals surface area contributed by atoms with Crippen LogP contribution in [0.25, 0.3) is 0 Å². The van der Waals surface area contributed by atoms with Crippen molar-refractivity contribution in [3.63, 3.8) is 0 Å². The summed E-state index contributed by atoms with van der Waals surface area (Å²) in [5.74, 6) is -2.40. The maximum Gasteiger partial charge on any atom is 0.240 e. The van der Waals surface area contributed by atoms with E-state index in [1.807, 2.05) is 0 Å². The predicted octanol–water partition coefficient (Wildman–Crippen LogP) is 3.16. The van der Waals surface area contributed by atoms with Crippen molar-refractivity contribution < 1.29 is 22.0 Å². The molecular formula is C17H17ClF2N2O3S. The molecule has 2 N–H and O–H groups in total. The molecule has 0 aliphatic heterocycles. The van der Waals surface area contributed by atoms with Gasteiger partial charge in [-0.1, -0.05) is 17.7 Å². The molecule has 0 heterocycles. The van der Waals surface area contributed by atoms with E-state index < -0.39 is 33.6 Å². The van der Waals surface area contributed by atoms with Gasteiger partial charge in [0.2, 0.25) is 15.9 Å². The van der Waals surface area contributed by atoms with Crippen LogP contribution in [0.1, 0.15) is 24.9 Å². The third kappa shape index (κ3) is 5.48. The Morgan fingerprint density at radius 1 is 1.12 bits per heavy atom. The molecule has 0 saturated heterocycles. The summed E-state index contributed by atoms with van der Waals surface area (Å²) in [6.07, 6.45) is -0.110. The number of rotatable bonds is 7. The van der Waals surface area contributed by atoms with Crippen LogP contribution in [0.2, 0.25) is 5.02 Å². The maximum absolute atomic E-state index is 13.2. The SMILES string of the molecule is CC(NC(=O)CCNS(=O)(=O)c1ccc(Cl)cc1)c1ccc(F)c(F)c1. The molecule has 0 aliphatic rings. The molecule has 1 unspecified atom stereocenters. The number of amides is 1. The van der Waals surface area contributed by atoms with Crippen LogP contribution in [0, 0.1) is 11.6 Å². The Kier molecular flexibility index (Phi) is 6.69. The Labute approximate surface area is 155 Å². The van der Waals surface area contributed by atoms with Crippen molar-refractivity contribution in [1.82, 2.24) is 10.0 Å². The summed E-state index contributed by atoms with van der Waals surface area (Å²) in [6.45, 7) is 1.50. The van der Waals surface area contributed by atoms with Gasteiger partial charge in [-0.05, 0) is 48.9 Å². The molecule has 1 atom stereocenters. The molecule has 0 radical (unpaired) electrons. The van der Waals surface area contributed by atoms with Crippen molar-refractivity contribution in [2.75, 3.05) is 6.54 Å². The molecular weight excluding hydrogens is 386 g/mol. The summed E-state index contributed by atoms with van der Waals surface area (Å²) in [7, 11) is -3.74. The van der Waals surface area contributed by atoms with Crippen molar-refractivity contribution >= 4 is 27.5 Å². The second-order valence-corrected chi connectivity index (χ2v) is 7.77. The summed E-state index contributed by atoms with van der Waals surface area (Å²) < 4.78 is 52.6. The first-order valence-electron chi connectivity index (χ1n) is 7.68. The molecule has 1 amide bonds. The third-order valence-corrected chi connectivity index (χ3v) is 5.32. The van der Waals surface area contributed by atoms with E-state index >= 15 is 0 Å². The third-order valence-electron chi connectivity index (χ3n) is 3.59. The van der Waals surface area contributed by atoms with E-state index in [9.17, 15) is 22.0 Å². The van der Waals surface area contributed by atoms with E-state index in [1.54, 1.807) is 6.92 Å². The summed E-state index contributed by atoms with van der Waals surface area (Å²) in [5, 5.41) is 3.01. The van der Waals surface area contributed by atoms with Gasteiger partial charge < -0.3 is 5.32 Å². The van der Waals surface area contributed by atoms with E-state index in [2.05, 4.69) is 10.0 Å². The van der Waals surface area contributed by atoms with Crippen LogP contribution in [-0.2, 0) is 14.8 Å². The van der Waals surface area contributed by atoms with Gasteiger partial charge in [0.05, 0.1) is 10.9 Å². The van der Waals surface area contributed by atoms with Crippen LogP contribution in [0.3, 0.4) is 0 Å². The lowest BCUT2D eigenvalue weighted by Gasteiger charge is -2.15. The van der Waals surface area contributed by atoms with Gasteiger partial charge in [0, 0.05) is 18.0 Å². The fourth-order valence-electron chi connectivity index (χ4n) is 2.17. The largest absolute Gasteiger partial charge is 0.350 e. The number of halogens is 3. The Balaban J connectivity index is 1.86. The van der Waals surface area contributed by atoms with Gasteiger partial charge in [-0.2, -0.15) is 0 Å². The molecule has 5 nitrogen and oxygen atoms in total. The summed E-state index contributed by atoms with van der Waals surface area (Å²) in [6, 6.07) is 8.42. The molecule has 2 rings (SSSR count). The number of hydrogen-bond acceptors (Lipinski definition) is 3. The molecule has 9 heteroatoms. The highest BCUT2D eigenvalue weighted by Gasteiger charge is 2.15. The number of nitrogens with one attached hydrogen (secondary N) is 2. The zero-order valence-electron chi connectivity index (χ0n) is 13.8. The van der Waals surface area contributed by atoms with Crippen molar-refractivity contribution in [1.29, 1.82) is 0 Å². The van der Waals surface area contributed by atoms with Gasteiger partial charge in [0.1, 0.15) is 0 Å². The Morgan fingerprint density at radius 3 is 2.38 bits per heavy atom. The molecule has 0 spiro atoms. The minimum absolute atomic E-state index is 0.0393. The standard InChI is InChI=1S/C17H17ClF2N2O3S/c1-11(12-2-7-15(19)16(20)10-12)22-17(23)8-9-21-26(24,25)14-5-3-13(18)4-6-14/h2-7,10-11,21H,8-9H2,1H3,(H,22,23). The fraction of sp³-hybridized carbons (Fsp3) is 0.235. The van der Waals surface area contributed by atoms with Crippen LogP contribution >= 0.6 is 11.6 Å². The lowest BCUT2D eigenvalue weighted by atomic mass is 10.1. The lowest BCUT2D eigenvalue weighted by molar-refractivity contribution is -0.121. The summed E-state index contributed by atoms with van der Waals surface area (Å²) in [4.78, 5) is 12.0. The molecule has 0 aliphatic carbocycles. The van der Waals surface area contributed by atoms with E-state index in [4.69, 9.17) is 11.6 Å². The molecule has 2 aromatic carbocycles. The number of carbonyl (C=O) groups is 1. The molecule has 2 aromatic rings. The molecule has 26 heavy (non-hydrogen) atoms. The van der Waals surface area contributed by atoms with Gasteiger partial charge in [-0.15, -0.1) is 0 Å². The molecule has 140 valence electrons. The quantitative estimate of drug-likeness (QED) is 0.747. The molecule has 0 aromatic heterocycles. The van der Waals surface area contributed by atoms with Gasteiger partial charge >= 0.3 is 0 Å². The summed E-state index contributed by atoms with van der Waals surface area (Å²) >= 11 is 5.71. The van der Waals surface area contributed by atoms with Crippen LogP contribution in [0.4, 0.5) is 8.78 Å². The van der Waals surface area contributed by atoms with Gasteiger partial charge in [0.15, 0.2) is 11.6 Å². The topological polar surface area (TPSA) is 75.3 Å². The van der Waals surface area contributed by atoms with Crippen molar-refractivity contribution in [3.05, 3.63) is 64.7 Å². The van der Waals surface area contributed by atoms with Crippen molar-refractivity contribution in [3.8, 4) is 0 Å². The van der Waals surface area contributed by atoms with E-state index in [0.29, 0.717) is 10.6 Å². The molecule has 0 bridgehead atoms. The van der Waals surface area contributed by atoms with E-state index in [-0.39, 0.29) is 17.9 Å². The van der Waals surface area contributed by atoms with E-state index in [0.717, 1.165) is 12.1 Å². The van der Waals surface area contributed by atoms with Crippen molar-refractivity contribution in [2.45, 2.75) is 24.3 Å². The second kappa shape index (κ2) is 8.57. The summed E-state index contributed by atoms with van der Waals surface area (Å²) in [5.41, 5.74) is 0.402. The highest BCUT2D eigenvalue weighted by Crippen LogP contribution is 2.16. The first-order valence-corrected chi connectivity index (χ1v) is 9.54. The lowest BCUT2D eigenvalue weighted by Crippen LogP contribution is -2.32. The minimum atomic E-state index is -3.74. The Bertz CT molecular complexity index is 889. The first-order chi connectivity index (χ1) is 12.2. The highest BCUT2D eigenvalue weighted by molar-refractivity contribution is 7.89. The Morgan fingerprint density at radius 2 is 1.77 bits per heavy atom. The van der Waals surface area contributed by atoms with Gasteiger partial charge in [0.25, 0.3) is 0 Å². The first kappa shape index (κ1) is 20.3. The van der Waals surface area contributed by atoms with Crippen LogP contribution in [-0.4, -0.2) is 20.9 Å². The second-order valence-electron chi connectivity index (χ2n) is 5.56. The minimum Gasteiger partial charge on any atom is -0.350 e. The zero-order chi connectivity index (χ0) is 19.3. The number of sulfonamides is 1. The fourth-order valence-corrected chi connectivity index (χ4v) is 3.33. The van der Waals surface area contributed by atoms with Crippen LogP contribution in [0.15, 0.2) is 47.4 Å². The average molecular weight is 403 g/mol. The van der Waals surface area contributed by atoms with Gasteiger partial charge in [-0.3, -0.25) is 4.79 Å². The smallest absolute Gasteiger partial charge is 0.240 e. The van der Waals surface area contributed by atoms with Crippen LogP contribution < -0.4 is 10.0 Å². The molecule has 0 fully saturated rings. The Hall–Kier alpha value is -2.03. The normalized spacial score (nSPS) is 12.6. The van der Waals surface area contributed by atoms with Crippen LogP contribution in [0.5, 0.6) is 0 Å². The predicted molar refractivity (Wildman–Crippen MR) is 94.2 cm³/mol. The number of hydrogen-bond donors (Lipinski definition) is 2. The monoisotopic (exact) mass is 402 g/mol. The van der Waals surface area contributed by atoms with Crippen molar-refractivity contribution in [2.24, 2.45) is 0 Å².